The van der Waals surface area contributed by atoms with Crippen LogP contribution in [0.25, 0.3) is 11.0 Å². The Labute approximate surface area is 149 Å². The van der Waals surface area contributed by atoms with Crippen molar-refractivity contribution >= 4 is 39.4 Å². The lowest BCUT2D eigenvalue weighted by Crippen LogP contribution is -2.30. The third kappa shape index (κ3) is 3.10. The molecule has 0 atom stereocenters. The number of hydrogen-bond acceptors (Lipinski definition) is 6. The Bertz CT molecular complexity index is 931. The van der Waals surface area contributed by atoms with Crippen LogP contribution < -0.4 is 11.1 Å². The number of anilines is 2. The Morgan fingerprint density at radius 1 is 1.44 bits per heavy atom. The lowest BCUT2D eigenvalue weighted by atomic mass is 10.1. The number of hydrogen-bond donors (Lipinski definition) is 3. The summed E-state index contributed by atoms with van der Waals surface area (Å²) >= 11 is 1.56. The molecule has 25 heavy (non-hydrogen) atoms. The van der Waals surface area contributed by atoms with E-state index in [-0.39, 0.29) is 5.91 Å². The van der Waals surface area contributed by atoms with Crippen LogP contribution in [0.4, 0.5) is 11.1 Å². The number of aromatic nitrogens is 3. The van der Waals surface area contributed by atoms with Gasteiger partial charge in [-0.15, -0.1) is 11.3 Å². The van der Waals surface area contributed by atoms with Crippen molar-refractivity contribution < 1.29 is 4.79 Å². The van der Waals surface area contributed by atoms with Crippen LogP contribution in [0.2, 0.25) is 0 Å². The highest BCUT2D eigenvalue weighted by Gasteiger charge is 2.21. The van der Waals surface area contributed by atoms with Crippen LogP contribution in [0.15, 0.2) is 18.2 Å². The van der Waals surface area contributed by atoms with E-state index in [2.05, 4.69) is 32.1 Å². The number of aromatic amines is 1. The number of thiazole rings is 1. The molecule has 4 N–H and O–H groups in total. The lowest BCUT2D eigenvalue weighted by molar-refractivity contribution is 0.102. The second-order valence-electron chi connectivity index (χ2n) is 6.19. The molecule has 0 fully saturated rings. The Kier molecular flexibility index (Phi) is 4.14. The smallest absolute Gasteiger partial charge is 0.259 e. The highest BCUT2D eigenvalue weighted by Crippen LogP contribution is 2.29. The zero-order valence-corrected chi connectivity index (χ0v) is 14.8. The highest BCUT2D eigenvalue weighted by atomic mass is 32.1. The van der Waals surface area contributed by atoms with Gasteiger partial charge in [0.05, 0.1) is 16.8 Å². The number of amides is 1. The van der Waals surface area contributed by atoms with Crippen LogP contribution in [0, 0.1) is 0 Å². The maximum atomic E-state index is 12.7. The quantitative estimate of drug-likeness (QED) is 0.667. The Balaban J connectivity index is 1.55. The molecule has 0 saturated heterocycles. The minimum atomic E-state index is -0.214. The first kappa shape index (κ1) is 16.0. The van der Waals surface area contributed by atoms with Crippen molar-refractivity contribution in [1.82, 2.24) is 19.9 Å². The predicted molar refractivity (Wildman–Crippen MR) is 99.8 cm³/mol. The third-order valence-corrected chi connectivity index (χ3v) is 5.34. The van der Waals surface area contributed by atoms with Crippen LogP contribution in [0.5, 0.6) is 0 Å². The first-order valence-corrected chi connectivity index (χ1v) is 9.22. The van der Waals surface area contributed by atoms with E-state index in [1.165, 1.54) is 4.88 Å². The molecule has 8 heteroatoms. The number of nitrogens with one attached hydrogen (secondary N) is 2. The highest BCUT2D eigenvalue weighted by molar-refractivity contribution is 7.15. The molecule has 1 aromatic carbocycles. The summed E-state index contributed by atoms with van der Waals surface area (Å²) in [6, 6.07) is 5.40. The molecule has 1 aliphatic heterocycles. The number of benzene rings is 1. The number of nitrogens with zero attached hydrogens (tertiary/aromatic N) is 3. The standard InChI is InChI=1S/C17H20N6OS/c1-2-7-23-8-6-11-13(9-23)25-17(20-11)22-15(24)10-4-3-5-12-14(10)21-16(18)19-12/h3-5H,2,6-9H2,1H3,(H3,18,19,21)(H,20,22,24). The first-order chi connectivity index (χ1) is 12.1. The van der Waals surface area contributed by atoms with Gasteiger partial charge >= 0.3 is 0 Å². The van der Waals surface area contributed by atoms with Crippen molar-refractivity contribution in [2.45, 2.75) is 26.3 Å². The van der Waals surface area contributed by atoms with Crippen LogP contribution in [0.1, 0.15) is 34.3 Å². The van der Waals surface area contributed by atoms with Crippen LogP contribution in [-0.4, -0.2) is 38.8 Å². The number of nitrogen functional groups attached to an aromatic ring is 1. The number of carbonyl (C=O) groups is 1. The number of rotatable bonds is 4. The molecule has 3 heterocycles. The van der Waals surface area contributed by atoms with Gasteiger partial charge in [0.15, 0.2) is 11.1 Å². The summed E-state index contributed by atoms with van der Waals surface area (Å²) in [5.74, 6) is 0.0876. The fraction of sp³-hybridized carbons (Fsp3) is 0.353. The third-order valence-electron chi connectivity index (χ3n) is 4.35. The van der Waals surface area contributed by atoms with E-state index in [0.29, 0.717) is 22.2 Å². The Morgan fingerprint density at radius 2 is 2.32 bits per heavy atom. The maximum absolute atomic E-state index is 12.7. The van der Waals surface area contributed by atoms with E-state index in [0.717, 1.165) is 43.7 Å². The fourth-order valence-corrected chi connectivity index (χ4v) is 4.25. The van der Waals surface area contributed by atoms with Gasteiger partial charge in [-0.1, -0.05) is 13.0 Å². The van der Waals surface area contributed by atoms with Gasteiger partial charge in [-0.05, 0) is 25.1 Å². The minimum absolute atomic E-state index is 0.214. The maximum Gasteiger partial charge on any atom is 0.259 e. The number of fused-ring (bicyclic) bond motifs is 2. The van der Waals surface area contributed by atoms with Gasteiger partial charge in [0.2, 0.25) is 0 Å². The predicted octanol–water partition coefficient (Wildman–Crippen LogP) is 2.62. The van der Waals surface area contributed by atoms with Gasteiger partial charge in [-0.2, -0.15) is 0 Å². The number of carbonyl (C=O) groups excluding carboxylic acids is 1. The summed E-state index contributed by atoms with van der Waals surface area (Å²) in [5.41, 5.74) is 8.63. The summed E-state index contributed by atoms with van der Waals surface area (Å²) in [5, 5.41) is 3.57. The molecule has 1 aliphatic rings. The van der Waals surface area contributed by atoms with Crippen LogP contribution in [-0.2, 0) is 13.0 Å². The van der Waals surface area contributed by atoms with Gasteiger partial charge in [-0.3, -0.25) is 15.0 Å². The van der Waals surface area contributed by atoms with E-state index in [9.17, 15) is 4.79 Å². The van der Waals surface area contributed by atoms with Crippen molar-refractivity contribution in [3.63, 3.8) is 0 Å². The molecule has 0 saturated carbocycles. The lowest BCUT2D eigenvalue weighted by Gasteiger charge is -2.24. The van der Waals surface area contributed by atoms with Gasteiger partial charge in [-0.25, -0.2) is 9.97 Å². The van der Waals surface area contributed by atoms with Gasteiger partial charge in [0, 0.05) is 24.4 Å². The molecule has 0 aliphatic carbocycles. The fourth-order valence-electron chi connectivity index (χ4n) is 3.21. The van der Waals surface area contributed by atoms with Crippen molar-refractivity contribution in [1.29, 1.82) is 0 Å². The first-order valence-electron chi connectivity index (χ1n) is 8.40. The van der Waals surface area contributed by atoms with Crippen LogP contribution >= 0.6 is 11.3 Å². The topological polar surface area (TPSA) is 99.9 Å². The molecule has 0 unspecified atom stereocenters. The number of nitrogens with two attached hydrogens (primary N) is 1. The zero-order valence-electron chi connectivity index (χ0n) is 14.0. The van der Waals surface area contributed by atoms with Gasteiger partial charge < -0.3 is 10.7 Å². The largest absolute Gasteiger partial charge is 0.369 e. The van der Waals surface area contributed by atoms with Gasteiger partial charge in [0.25, 0.3) is 5.91 Å². The summed E-state index contributed by atoms with van der Waals surface area (Å²) < 4.78 is 0. The van der Waals surface area contributed by atoms with Crippen molar-refractivity contribution in [2.24, 2.45) is 0 Å². The number of H-pyrrole nitrogens is 1. The Morgan fingerprint density at radius 3 is 3.16 bits per heavy atom. The number of para-hydroxylation sites is 1. The average molecular weight is 356 g/mol. The summed E-state index contributed by atoms with van der Waals surface area (Å²) in [7, 11) is 0. The average Bonchev–Trinajstić information content (AvgIpc) is 3.15. The van der Waals surface area contributed by atoms with Gasteiger partial charge in [0.1, 0.15) is 5.52 Å². The molecule has 2 aromatic heterocycles. The van der Waals surface area contributed by atoms with E-state index in [4.69, 9.17) is 5.73 Å². The normalized spacial score (nSPS) is 14.6. The monoisotopic (exact) mass is 356 g/mol. The summed E-state index contributed by atoms with van der Waals surface area (Å²) in [6.45, 7) is 5.24. The molecule has 7 nitrogen and oxygen atoms in total. The van der Waals surface area contributed by atoms with Crippen molar-refractivity contribution in [3.05, 3.63) is 34.3 Å². The SMILES string of the molecule is CCCN1CCc2nc(NC(=O)c3cccc4[nH]c(N)nc34)sc2C1. The van der Waals surface area contributed by atoms with E-state index in [1.807, 2.05) is 12.1 Å². The second kappa shape index (κ2) is 6.45. The summed E-state index contributed by atoms with van der Waals surface area (Å²) in [6.07, 6.45) is 2.09. The molecule has 1 amide bonds. The molecular weight excluding hydrogens is 336 g/mol. The molecule has 0 spiro atoms. The molecule has 4 rings (SSSR count). The Hall–Kier alpha value is -2.45. The molecule has 3 aromatic rings. The van der Waals surface area contributed by atoms with E-state index >= 15 is 0 Å². The molecule has 130 valence electrons. The molecule has 0 bridgehead atoms. The minimum Gasteiger partial charge on any atom is -0.369 e. The molecule has 0 radical (unpaired) electrons. The van der Waals surface area contributed by atoms with Crippen LogP contribution in [0.3, 0.4) is 0 Å². The van der Waals surface area contributed by atoms with Crippen molar-refractivity contribution in [3.8, 4) is 0 Å². The molecular formula is C17H20N6OS. The van der Waals surface area contributed by atoms with E-state index in [1.54, 1.807) is 17.4 Å². The van der Waals surface area contributed by atoms with Crippen molar-refractivity contribution in [2.75, 3.05) is 24.1 Å². The zero-order chi connectivity index (χ0) is 17.4. The second-order valence-corrected chi connectivity index (χ2v) is 7.28. The summed E-state index contributed by atoms with van der Waals surface area (Å²) in [4.78, 5) is 28.1. The number of imidazole rings is 1. The van der Waals surface area contributed by atoms with E-state index < -0.39 is 0 Å².